The van der Waals surface area contributed by atoms with Gasteiger partial charge in [-0.15, -0.1) is 0 Å². The van der Waals surface area contributed by atoms with E-state index in [2.05, 4.69) is 6.58 Å². The van der Waals surface area contributed by atoms with Crippen LogP contribution in [-0.2, 0) is 20.9 Å². The van der Waals surface area contributed by atoms with Crippen LogP contribution in [0.2, 0.25) is 0 Å². The molecule has 0 radical (unpaired) electrons. The number of carbonyl (C=O) groups excluding carboxylic acids is 2. The van der Waals surface area contributed by atoms with Gasteiger partial charge in [0.1, 0.15) is 18.2 Å². The van der Waals surface area contributed by atoms with Crippen molar-refractivity contribution in [2.45, 2.75) is 25.8 Å². The van der Waals surface area contributed by atoms with E-state index in [9.17, 15) is 18.4 Å². The molecule has 0 aromatic heterocycles. The Morgan fingerprint density at radius 2 is 2.00 bits per heavy atom. The number of carbonyl (C=O) groups is 2. The topological polar surface area (TPSA) is 46.6 Å². The van der Waals surface area contributed by atoms with Gasteiger partial charge in [0.2, 0.25) is 5.91 Å². The van der Waals surface area contributed by atoms with Crippen molar-refractivity contribution in [1.29, 1.82) is 0 Å². The molecular formula is C23H21F2NO3. The number of hydrogen-bond acceptors (Lipinski definition) is 3. The summed E-state index contributed by atoms with van der Waals surface area (Å²) in [5.41, 5.74) is 1.43. The molecule has 0 fully saturated rings. The van der Waals surface area contributed by atoms with Crippen LogP contribution in [0.4, 0.5) is 8.78 Å². The van der Waals surface area contributed by atoms with Crippen molar-refractivity contribution in [2.24, 2.45) is 0 Å². The molecule has 4 nitrogen and oxygen atoms in total. The molecule has 0 spiro atoms. The number of hydrogen-bond donors (Lipinski definition) is 0. The van der Waals surface area contributed by atoms with Crippen molar-refractivity contribution in [3.63, 3.8) is 0 Å². The molecule has 1 heterocycles. The molecule has 29 heavy (non-hydrogen) atoms. The van der Waals surface area contributed by atoms with Gasteiger partial charge in [-0.2, -0.15) is 0 Å². The summed E-state index contributed by atoms with van der Waals surface area (Å²) in [6.45, 7) is 5.24. The number of halogens is 2. The first-order chi connectivity index (χ1) is 13.9. The first-order valence-electron chi connectivity index (χ1n) is 9.20. The Kier molecular flexibility index (Phi) is 6.22. The predicted octanol–water partition coefficient (Wildman–Crippen LogP) is 4.48. The van der Waals surface area contributed by atoms with Gasteiger partial charge < -0.3 is 9.64 Å². The summed E-state index contributed by atoms with van der Waals surface area (Å²) in [5, 5.41) is 0. The second kappa shape index (κ2) is 8.82. The number of amides is 1. The van der Waals surface area contributed by atoms with Gasteiger partial charge in [0.15, 0.2) is 0 Å². The third kappa shape index (κ3) is 4.42. The van der Waals surface area contributed by atoms with E-state index in [1.165, 1.54) is 29.2 Å². The monoisotopic (exact) mass is 397 g/mol. The zero-order valence-electron chi connectivity index (χ0n) is 16.0. The van der Waals surface area contributed by atoms with Crippen molar-refractivity contribution in [3.05, 3.63) is 95.2 Å². The zero-order valence-corrected chi connectivity index (χ0v) is 16.0. The standard InChI is InChI=1S/C23H21F2NO3/c1-3-11-29-23(28)22-15(2)26(14-16-7-6-8-17(24)12-16)21(27)13-19(22)18-9-4-5-10-20(18)25/h3-10,12,19H,1,11,13-14H2,2H3/t19-/m0/s1. The first kappa shape index (κ1) is 20.5. The third-order valence-corrected chi connectivity index (χ3v) is 4.89. The maximum Gasteiger partial charge on any atom is 0.336 e. The smallest absolute Gasteiger partial charge is 0.336 e. The lowest BCUT2D eigenvalue weighted by molar-refractivity contribution is -0.139. The molecule has 2 aromatic rings. The minimum Gasteiger partial charge on any atom is -0.458 e. The number of rotatable bonds is 6. The van der Waals surface area contributed by atoms with Crippen molar-refractivity contribution in [2.75, 3.05) is 6.61 Å². The Bertz CT molecular complexity index is 984. The molecule has 0 N–H and O–H groups in total. The van der Waals surface area contributed by atoms with Gasteiger partial charge in [-0.1, -0.05) is 43.0 Å². The van der Waals surface area contributed by atoms with Gasteiger partial charge in [0, 0.05) is 18.0 Å². The highest BCUT2D eigenvalue weighted by atomic mass is 19.1. The van der Waals surface area contributed by atoms with Crippen molar-refractivity contribution in [1.82, 2.24) is 4.90 Å². The Morgan fingerprint density at radius 1 is 1.24 bits per heavy atom. The van der Waals surface area contributed by atoms with Crippen LogP contribution in [0.3, 0.4) is 0 Å². The van der Waals surface area contributed by atoms with Crippen LogP contribution in [0.15, 0.2) is 72.5 Å². The van der Waals surface area contributed by atoms with Crippen molar-refractivity contribution < 1.29 is 23.1 Å². The summed E-state index contributed by atoms with van der Waals surface area (Å²) in [6, 6.07) is 12.0. The van der Waals surface area contributed by atoms with Gasteiger partial charge in [0.25, 0.3) is 0 Å². The summed E-state index contributed by atoms with van der Waals surface area (Å²) in [4.78, 5) is 27.1. The molecule has 0 saturated carbocycles. The summed E-state index contributed by atoms with van der Waals surface area (Å²) >= 11 is 0. The SMILES string of the molecule is C=CCOC(=O)C1=C(C)N(Cc2cccc(F)c2)C(=O)C[C@H]1c1ccccc1F. The second-order valence-corrected chi connectivity index (χ2v) is 6.77. The van der Waals surface area contributed by atoms with Crippen molar-refractivity contribution >= 4 is 11.9 Å². The lowest BCUT2D eigenvalue weighted by Gasteiger charge is -2.34. The van der Waals surface area contributed by atoms with E-state index in [1.54, 1.807) is 37.3 Å². The van der Waals surface area contributed by atoms with E-state index in [1.807, 2.05) is 0 Å². The lowest BCUT2D eigenvalue weighted by atomic mass is 9.83. The fourth-order valence-corrected chi connectivity index (χ4v) is 3.52. The average molecular weight is 397 g/mol. The van der Waals surface area contributed by atoms with Crippen LogP contribution in [0, 0.1) is 11.6 Å². The van der Waals surface area contributed by atoms with Gasteiger partial charge in [-0.3, -0.25) is 4.79 Å². The molecule has 0 aliphatic carbocycles. The van der Waals surface area contributed by atoms with Crippen LogP contribution < -0.4 is 0 Å². The predicted molar refractivity (Wildman–Crippen MR) is 105 cm³/mol. The quantitative estimate of drug-likeness (QED) is 0.533. The van der Waals surface area contributed by atoms with Crippen LogP contribution in [0.25, 0.3) is 0 Å². The zero-order chi connectivity index (χ0) is 21.0. The van der Waals surface area contributed by atoms with E-state index in [0.717, 1.165) is 0 Å². The molecule has 3 rings (SSSR count). The van der Waals surface area contributed by atoms with E-state index < -0.39 is 23.5 Å². The second-order valence-electron chi connectivity index (χ2n) is 6.77. The maximum absolute atomic E-state index is 14.4. The Morgan fingerprint density at radius 3 is 2.69 bits per heavy atom. The molecule has 0 unspecified atom stereocenters. The van der Waals surface area contributed by atoms with Gasteiger partial charge >= 0.3 is 5.97 Å². The van der Waals surface area contributed by atoms with E-state index >= 15 is 0 Å². The fourth-order valence-electron chi connectivity index (χ4n) is 3.52. The summed E-state index contributed by atoms with van der Waals surface area (Å²) in [6.07, 6.45) is 1.34. The molecular weight excluding hydrogens is 376 g/mol. The van der Waals surface area contributed by atoms with Gasteiger partial charge in [-0.25, -0.2) is 13.6 Å². The van der Waals surface area contributed by atoms with E-state index in [-0.39, 0.29) is 36.6 Å². The summed E-state index contributed by atoms with van der Waals surface area (Å²) in [7, 11) is 0. The average Bonchev–Trinajstić information content (AvgIpc) is 2.69. The number of nitrogens with zero attached hydrogens (tertiary/aromatic N) is 1. The molecule has 0 saturated heterocycles. The largest absolute Gasteiger partial charge is 0.458 e. The molecule has 150 valence electrons. The third-order valence-electron chi connectivity index (χ3n) is 4.89. The number of esters is 1. The lowest BCUT2D eigenvalue weighted by Crippen LogP contribution is -2.38. The van der Waals surface area contributed by atoms with E-state index in [0.29, 0.717) is 11.3 Å². The number of benzene rings is 2. The highest BCUT2D eigenvalue weighted by Gasteiger charge is 2.37. The number of ether oxygens (including phenoxy) is 1. The molecule has 1 amide bonds. The summed E-state index contributed by atoms with van der Waals surface area (Å²) in [5.74, 6) is -2.58. The molecule has 6 heteroatoms. The molecule has 2 aromatic carbocycles. The summed E-state index contributed by atoms with van der Waals surface area (Å²) < 4.78 is 33.2. The van der Waals surface area contributed by atoms with Gasteiger partial charge in [-0.05, 0) is 36.2 Å². The molecule has 1 aliphatic heterocycles. The normalized spacial score (nSPS) is 16.7. The first-order valence-corrected chi connectivity index (χ1v) is 9.20. The maximum atomic E-state index is 14.4. The Hall–Kier alpha value is -3.28. The highest BCUT2D eigenvalue weighted by molar-refractivity contribution is 5.95. The van der Waals surface area contributed by atoms with Crippen LogP contribution in [0.5, 0.6) is 0 Å². The van der Waals surface area contributed by atoms with Crippen LogP contribution in [0.1, 0.15) is 30.4 Å². The Labute approximate surface area is 168 Å². The minimum atomic E-state index is -0.759. The molecule has 1 atom stereocenters. The fraction of sp³-hybridized carbons (Fsp3) is 0.217. The van der Waals surface area contributed by atoms with Crippen molar-refractivity contribution in [3.8, 4) is 0 Å². The van der Waals surface area contributed by atoms with Crippen LogP contribution in [-0.4, -0.2) is 23.4 Å². The van der Waals surface area contributed by atoms with Crippen LogP contribution >= 0.6 is 0 Å². The van der Waals surface area contributed by atoms with Gasteiger partial charge in [0.05, 0.1) is 12.1 Å². The molecule has 0 bridgehead atoms. The van der Waals surface area contributed by atoms with E-state index in [4.69, 9.17) is 4.74 Å². The Balaban J connectivity index is 2.04. The number of allylic oxidation sites excluding steroid dienone is 1. The minimum absolute atomic E-state index is 0.00253. The highest BCUT2D eigenvalue weighted by Crippen LogP contribution is 2.38. The molecule has 1 aliphatic rings.